The van der Waals surface area contributed by atoms with E-state index in [1.807, 2.05) is 26.0 Å². The molecule has 1 N–H and O–H groups in total. The average Bonchev–Trinajstić information content (AvgIpc) is 3.15. The van der Waals surface area contributed by atoms with Gasteiger partial charge in [0.05, 0.1) is 6.04 Å². The number of benzene rings is 1. The molecule has 5 heteroatoms. The van der Waals surface area contributed by atoms with Crippen LogP contribution in [-0.2, 0) is 4.79 Å². The van der Waals surface area contributed by atoms with E-state index < -0.39 is 0 Å². The van der Waals surface area contributed by atoms with Crippen molar-refractivity contribution in [2.75, 3.05) is 13.2 Å². The molecule has 2 fully saturated rings. The summed E-state index contributed by atoms with van der Waals surface area (Å²) in [5, 5.41) is 2.88. The minimum Gasteiger partial charge on any atom is -0.491 e. The summed E-state index contributed by atoms with van der Waals surface area (Å²) < 4.78 is 5.95. The lowest BCUT2D eigenvalue weighted by atomic mass is 9.88. The van der Waals surface area contributed by atoms with E-state index in [1.165, 1.54) is 19.3 Å². The number of carbonyl (C=O) groups is 2. The van der Waals surface area contributed by atoms with Crippen LogP contribution >= 0.6 is 0 Å². The molecule has 27 heavy (non-hydrogen) atoms. The van der Waals surface area contributed by atoms with Gasteiger partial charge in [-0.25, -0.2) is 0 Å². The quantitative estimate of drug-likeness (QED) is 0.827. The normalized spacial score (nSPS) is 20.7. The molecule has 0 spiro atoms. The highest BCUT2D eigenvalue weighted by atomic mass is 16.5. The fraction of sp³-hybridized carbons (Fsp3) is 0.636. The molecule has 0 bridgehead atoms. The fourth-order valence-corrected chi connectivity index (χ4v) is 4.12. The Labute approximate surface area is 162 Å². The van der Waals surface area contributed by atoms with E-state index in [4.69, 9.17) is 4.74 Å². The van der Waals surface area contributed by atoms with Gasteiger partial charge in [-0.3, -0.25) is 9.59 Å². The molecule has 1 aromatic carbocycles. The second-order valence-corrected chi connectivity index (χ2v) is 8.13. The zero-order chi connectivity index (χ0) is 19.2. The summed E-state index contributed by atoms with van der Waals surface area (Å²) >= 11 is 0. The molecule has 1 atom stereocenters. The molecular weight excluding hydrogens is 340 g/mol. The van der Waals surface area contributed by atoms with Crippen molar-refractivity contribution in [2.24, 2.45) is 5.92 Å². The third kappa shape index (κ3) is 5.24. The van der Waals surface area contributed by atoms with Gasteiger partial charge in [-0.1, -0.05) is 19.3 Å². The minimum atomic E-state index is -0.0726. The Morgan fingerprint density at radius 3 is 2.44 bits per heavy atom. The number of nitrogens with one attached hydrogen (secondary N) is 1. The van der Waals surface area contributed by atoms with Crippen LogP contribution < -0.4 is 10.1 Å². The standard InChI is InChI=1S/C22H32N2O3/c1-16(2)23-21(25)17-10-12-20(13-11-17)27-15-19-9-6-14-24(19)22(26)18-7-4-3-5-8-18/h10-13,16,18-19H,3-9,14-15H2,1-2H3,(H,23,25)/t19-/m1/s1. The molecule has 0 unspecified atom stereocenters. The van der Waals surface area contributed by atoms with Gasteiger partial charge in [0.15, 0.2) is 0 Å². The smallest absolute Gasteiger partial charge is 0.251 e. The number of amides is 2. The van der Waals surface area contributed by atoms with E-state index >= 15 is 0 Å². The molecule has 5 nitrogen and oxygen atoms in total. The number of carbonyl (C=O) groups excluding carboxylic acids is 2. The van der Waals surface area contributed by atoms with Crippen LogP contribution in [0.3, 0.4) is 0 Å². The third-order valence-corrected chi connectivity index (χ3v) is 5.59. The molecule has 1 aromatic rings. The molecule has 148 valence electrons. The van der Waals surface area contributed by atoms with Crippen molar-refractivity contribution in [3.05, 3.63) is 29.8 Å². The van der Waals surface area contributed by atoms with Crippen molar-refractivity contribution >= 4 is 11.8 Å². The van der Waals surface area contributed by atoms with Crippen LogP contribution in [0.2, 0.25) is 0 Å². The Hall–Kier alpha value is -2.04. The molecule has 2 amide bonds. The first kappa shape index (κ1) is 19.7. The van der Waals surface area contributed by atoms with Crippen LogP contribution in [0.4, 0.5) is 0 Å². The topological polar surface area (TPSA) is 58.6 Å². The van der Waals surface area contributed by atoms with Crippen molar-refractivity contribution in [2.45, 2.75) is 70.9 Å². The molecular formula is C22H32N2O3. The van der Waals surface area contributed by atoms with E-state index in [9.17, 15) is 9.59 Å². The fourth-order valence-electron chi connectivity index (χ4n) is 4.12. The van der Waals surface area contributed by atoms with Crippen LogP contribution in [0.1, 0.15) is 69.2 Å². The summed E-state index contributed by atoms with van der Waals surface area (Å²) in [7, 11) is 0. The average molecular weight is 373 g/mol. The summed E-state index contributed by atoms with van der Waals surface area (Å²) in [4.78, 5) is 26.9. The van der Waals surface area contributed by atoms with Gasteiger partial charge in [-0.2, -0.15) is 0 Å². The van der Waals surface area contributed by atoms with Crippen LogP contribution in [0, 0.1) is 5.92 Å². The summed E-state index contributed by atoms with van der Waals surface area (Å²) in [6, 6.07) is 7.51. The van der Waals surface area contributed by atoms with Crippen LogP contribution in [0.25, 0.3) is 0 Å². The highest BCUT2D eigenvalue weighted by Crippen LogP contribution is 2.29. The lowest BCUT2D eigenvalue weighted by molar-refractivity contribution is -0.137. The number of likely N-dealkylation sites (tertiary alicyclic amines) is 1. The zero-order valence-corrected chi connectivity index (χ0v) is 16.6. The van der Waals surface area contributed by atoms with Crippen molar-refractivity contribution in [1.82, 2.24) is 10.2 Å². The third-order valence-electron chi connectivity index (χ3n) is 5.59. The van der Waals surface area contributed by atoms with Gasteiger partial charge in [0.25, 0.3) is 5.91 Å². The Morgan fingerprint density at radius 1 is 1.07 bits per heavy atom. The summed E-state index contributed by atoms with van der Waals surface area (Å²) in [6.45, 7) is 5.27. The van der Waals surface area contributed by atoms with Gasteiger partial charge in [0.1, 0.15) is 12.4 Å². The van der Waals surface area contributed by atoms with Crippen LogP contribution in [-0.4, -0.2) is 41.9 Å². The van der Waals surface area contributed by atoms with Gasteiger partial charge < -0.3 is 15.0 Å². The predicted molar refractivity (Wildman–Crippen MR) is 106 cm³/mol. The van der Waals surface area contributed by atoms with E-state index in [0.717, 1.165) is 38.0 Å². The first-order chi connectivity index (χ1) is 13.0. The monoisotopic (exact) mass is 372 g/mol. The summed E-state index contributed by atoms with van der Waals surface area (Å²) in [5.74, 6) is 1.23. The molecule has 2 aliphatic rings. The SMILES string of the molecule is CC(C)NC(=O)c1ccc(OC[C@H]2CCCN2C(=O)C2CCCCC2)cc1. The summed E-state index contributed by atoms with van der Waals surface area (Å²) in [6.07, 6.45) is 7.78. The second kappa shape index (κ2) is 9.25. The lowest BCUT2D eigenvalue weighted by Gasteiger charge is -2.30. The Bertz CT molecular complexity index is 635. The Kier molecular flexibility index (Phi) is 6.75. The van der Waals surface area contributed by atoms with Gasteiger partial charge in [0, 0.05) is 24.1 Å². The van der Waals surface area contributed by atoms with Gasteiger partial charge in [-0.05, 0) is 63.8 Å². The van der Waals surface area contributed by atoms with Crippen molar-refractivity contribution in [3.8, 4) is 5.75 Å². The first-order valence-electron chi connectivity index (χ1n) is 10.4. The minimum absolute atomic E-state index is 0.0726. The molecule has 3 rings (SSSR count). The highest BCUT2D eigenvalue weighted by molar-refractivity contribution is 5.94. The molecule has 1 heterocycles. The van der Waals surface area contributed by atoms with Crippen molar-refractivity contribution in [3.63, 3.8) is 0 Å². The Balaban J connectivity index is 1.52. The number of nitrogens with zero attached hydrogens (tertiary/aromatic N) is 1. The first-order valence-corrected chi connectivity index (χ1v) is 10.4. The molecule has 0 radical (unpaired) electrons. The van der Waals surface area contributed by atoms with Crippen molar-refractivity contribution in [1.29, 1.82) is 0 Å². The van der Waals surface area contributed by atoms with Crippen LogP contribution in [0.15, 0.2) is 24.3 Å². The maximum atomic E-state index is 12.9. The summed E-state index contributed by atoms with van der Waals surface area (Å²) in [5.41, 5.74) is 0.631. The number of ether oxygens (including phenoxy) is 1. The van der Waals surface area contributed by atoms with Crippen molar-refractivity contribution < 1.29 is 14.3 Å². The maximum absolute atomic E-state index is 12.9. The second-order valence-electron chi connectivity index (χ2n) is 8.13. The largest absolute Gasteiger partial charge is 0.491 e. The predicted octanol–water partition coefficient (Wildman–Crippen LogP) is 3.77. The number of hydrogen-bond donors (Lipinski definition) is 1. The van der Waals surface area contributed by atoms with E-state index in [-0.39, 0.29) is 23.9 Å². The maximum Gasteiger partial charge on any atom is 0.251 e. The van der Waals surface area contributed by atoms with Gasteiger partial charge in [-0.15, -0.1) is 0 Å². The van der Waals surface area contributed by atoms with E-state index in [1.54, 1.807) is 12.1 Å². The number of hydrogen-bond acceptors (Lipinski definition) is 3. The molecule has 1 saturated heterocycles. The van der Waals surface area contributed by atoms with E-state index in [2.05, 4.69) is 10.2 Å². The molecule has 1 aliphatic carbocycles. The molecule has 1 saturated carbocycles. The molecule has 1 aliphatic heterocycles. The number of rotatable bonds is 6. The molecule has 0 aromatic heterocycles. The van der Waals surface area contributed by atoms with Crippen LogP contribution in [0.5, 0.6) is 5.75 Å². The van der Waals surface area contributed by atoms with Gasteiger partial charge in [0.2, 0.25) is 5.91 Å². The highest BCUT2D eigenvalue weighted by Gasteiger charge is 2.33. The lowest BCUT2D eigenvalue weighted by Crippen LogP contribution is -2.42. The van der Waals surface area contributed by atoms with E-state index in [0.29, 0.717) is 18.1 Å². The Morgan fingerprint density at radius 2 is 1.78 bits per heavy atom. The zero-order valence-electron chi connectivity index (χ0n) is 16.6. The van der Waals surface area contributed by atoms with Gasteiger partial charge >= 0.3 is 0 Å².